The lowest BCUT2D eigenvalue weighted by molar-refractivity contribution is 0.202. The van der Waals surface area contributed by atoms with E-state index in [9.17, 15) is 0 Å². The molecule has 0 amide bonds. The SMILES string of the molecule is COCCc1ccc(Oc2cc(C)nc(C)c2CN)cc1. The Kier molecular flexibility index (Phi) is 5.31. The molecule has 0 saturated carbocycles. The van der Waals surface area contributed by atoms with Gasteiger partial charge in [0.1, 0.15) is 11.5 Å². The van der Waals surface area contributed by atoms with Crippen LogP contribution in [0, 0.1) is 13.8 Å². The third-order valence-corrected chi connectivity index (χ3v) is 3.37. The zero-order chi connectivity index (χ0) is 15.2. The van der Waals surface area contributed by atoms with Gasteiger partial charge < -0.3 is 15.2 Å². The fourth-order valence-corrected chi connectivity index (χ4v) is 2.23. The summed E-state index contributed by atoms with van der Waals surface area (Å²) in [6.07, 6.45) is 0.901. The fraction of sp³-hybridized carbons (Fsp3) is 0.353. The van der Waals surface area contributed by atoms with Crippen molar-refractivity contribution in [1.29, 1.82) is 0 Å². The van der Waals surface area contributed by atoms with Gasteiger partial charge in [-0.15, -0.1) is 0 Å². The van der Waals surface area contributed by atoms with E-state index in [0.717, 1.165) is 41.5 Å². The summed E-state index contributed by atoms with van der Waals surface area (Å²) >= 11 is 0. The monoisotopic (exact) mass is 286 g/mol. The summed E-state index contributed by atoms with van der Waals surface area (Å²) < 4.78 is 11.0. The van der Waals surface area contributed by atoms with Crippen molar-refractivity contribution in [3.05, 3.63) is 52.8 Å². The summed E-state index contributed by atoms with van der Waals surface area (Å²) in [6.45, 7) is 5.05. The van der Waals surface area contributed by atoms with E-state index in [4.69, 9.17) is 15.2 Å². The van der Waals surface area contributed by atoms with Gasteiger partial charge in [0.15, 0.2) is 0 Å². The molecule has 4 heteroatoms. The molecule has 0 unspecified atom stereocenters. The molecule has 4 nitrogen and oxygen atoms in total. The number of methoxy groups -OCH3 is 1. The summed E-state index contributed by atoms with van der Waals surface area (Å²) in [5, 5.41) is 0. The summed E-state index contributed by atoms with van der Waals surface area (Å²) in [5.74, 6) is 1.59. The summed E-state index contributed by atoms with van der Waals surface area (Å²) in [7, 11) is 1.71. The molecule has 0 spiro atoms. The Bertz CT molecular complexity index is 594. The number of rotatable bonds is 6. The van der Waals surface area contributed by atoms with Crippen molar-refractivity contribution in [2.45, 2.75) is 26.8 Å². The van der Waals surface area contributed by atoms with Crippen LogP contribution in [0.2, 0.25) is 0 Å². The summed E-state index contributed by atoms with van der Waals surface area (Å²) in [6, 6.07) is 9.97. The topological polar surface area (TPSA) is 57.4 Å². The standard InChI is InChI=1S/C17H22N2O2/c1-12-10-17(16(11-18)13(2)19-12)21-15-6-4-14(5-7-15)8-9-20-3/h4-7,10H,8-9,11,18H2,1-3H3. The van der Waals surface area contributed by atoms with Gasteiger partial charge in [0, 0.05) is 36.7 Å². The number of ether oxygens (including phenoxy) is 2. The van der Waals surface area contributed by atoms with Crippen molar-refractivity contribution in [2.75, 3.05) is 13.7 Å². The molecular formula is C17H22N2O2. The number of nitrogens with two attached hydrogens (primary N) is 1. The molecule has 1 heterocycles. The third kappa shape index (κ3) is 4.03. The van der Waals surface area contributed by atoms with Crippen LogP contribution in [-0.4, -0.2) is 18.7 Å². The van der Waals surface area contributed by atoms with Crippen LogP contribution in [0.5, 0.6) is 11.5 Å². The first-order valence-corrected chi connectivity index (χ1v) is 7.07. The normalized spacial score (nSPS) is 10.7. The molecule has 0 saturated heterocycles. The molecule has 21 heavy (non-hydrogen) atoms. The van der Waals surface area contributed by atoms with E-state index in [2.05, 4.69) is 17.1 Å². The minimum Gasteiger partial charge on any atom is -0.457 e. The smallest absolute Gasteiger partial charge is 0.135 e. The highest BCUT2D eigenvalue weighted by Gasteiger charge is 2.09. The largest absolute Gasteiger partial charge is 0.457 e. The van der Waals surface area contributed by atoms with Crippen LogP contribution in [0.1, 0.15) is 22.5 Å². The van der Waals surface area contributed by atoms with Gasteiger partial charge in [0.05, 0.1) is 6.61 Å². The van der Waals surface area contributed by atoms with Crippen molar-refractivity contribution in [2.24, 2.45) is 5.73 Å². The molecule has 2 aromatic rings. The Morgan fingerprint density at radius 3 is 2.48 bits per heavy atom. The number of aromatic nitrogens is 1. The minimum absolute atomic E-state index is 0.417. The molecule has 0 aliphatic heterocycles. The van der Waals surface area contributed by atoms with Gasteiger partial charge >= 0.3 is 0 Å². The van der Waals surface area contributed by atoms with E-state index in [0.29, 0.717) is 6.54 Å². The first-order valence-electron chi connectivity index (χ1n) is 7.07. The number of pyridine rings is 1. The number of nitrogens with zero attached hydrogens (tertiary/aromatic N) is 1. The average molecular weight is 286 g/mol. The summed E-state index contributed by atoms with van der Waals surface area (Å²) in [4.78, 5) is 4.42. The van der Waals surface area contributed by atoms with Gasteiger partial charge in [-0.2, -0.15) is 0 Å². The molecule has 0 fully saturated rings. The van der Waals surface area contributed by atoms with Crippen molar-refractivity contribution in [3.63, 3.8) is 0 Å². The van der Waals surface area contributed by atoms with Crippen LogP contribution >= 0.6 is 0 Å². The van der Waals surface area contributed by atoms with Gasteiger partial charge in [0.25, 0.3) is 0 Å². The van der Waals surface area contributed by atoms with Crippen LogP contribution in [-0.2, 0) is 17.7 Å². The maximum atomic E-state index is 5.97. The van der Waals surface area contributed by atoms with Gasteiger partial charge in [0.2, 0.25) is 0 Å². The highest BCUT2D eigenvalue weighted by molar-refractivity contribution is 5.41. The van der Waals surface area contributed by atoms with E-state index < -0.39 is 0 Å². The molecule has 0 bridgehead atoms. The Hall–Kier alpha value is -1.91. The van der Waals surface area contributed by atoms with E-state index in [1.165, 1.54) is 5.56 Å². The van der Waals surface area contributed by atoms with E-state index in [1.54, 1.807) is 7.11 Å². The van der Waals surface area contributed by atoms with Crippen LogP contribution in [0.25, 0.3) is 0 Å². The maximum Gasteiger partial charge on any atom is 0.135 e. The number of benzene rings is 1. The van der Waals surface area contributed by atoms with Gasteiger partial charge in [-0.1, -0.05) is 12.1 Å². The Morgan fingerprint density at radius 2 is 1.86 bits per heavy atom. The zero-order valence-corrected chi connectivity index (χ0v) is 12.8. The molecule has 0 radical (unpaired) electrons. The number of aryl methyl sites for hydroxylation is 2. The van der Waals surface area contributed by atoms with E-state index in [-0.39, 0.29) is 0 Å². The zero-order valence-electron chi connectivity index (χ0n) is 12.8. The molecule has 2 rings (SSSR count). The molecule has 0 aliphatic rings. The summed E-state index contributed by atoms with van der Waals surface area (Å²) in [5.41, 5.74) is 9.82. The Labute approximate surface area is 125 Å². The first kappa shape index (κ1) is 15.5. The minimum atomic E-state index is 0.417. The van der Waals surface area contributed by atoms with Crippen molar-refractivity contribution in [3.8, 4) is 11.5 Å². The van der Waals surface area contributed by atoms with Gasteiger partial charge in [-0.25, -0.2) is 0 Å². The number of hydrogen-bond acceptors (Lipinski definition) is 4. The van der Waals surface area contributed by atoms with Crippen LogP contribution < -0.4 is 10.5 Å². The maximum absolute atomic E-state index is 5.97. The van der Waals surface area contributed by atoms with Crippen LogP contribution in [0.3, 0.4) is 0 Å². The lowest BCUT2D eigenvalue weighted by Gasteiger charge is -2.13. The van der Waals surface area contributed by atoms with Crippen LogP contribution in [0.4, 0.5) is 0 Å². The highest BCUT2D eigenvalue weighted by Crippen LogP contribution is 2.27. The molecular weight excluding hydrogens is 264 g/mol. The molecule has 112 valence electrons. The lowest BCUT2D eigenvalue weighted by atomic mass is 10.1. The predicted molar refractivity (Wildman–Crippen MR) is 83.7 cm³/mol. The first-order chi connectivity index (χ1) is 10.1. The average Bonchev–Trinajstić information content (AvgIpc) is 2.46. The lowest BCUT2D eigenvalue weighted by Crippen LogP contribution is -2.05. The molecule has 0 aliphatic carbocycles. The highest BCUT2D eigenvalue weighted by atomic mass is 16.5. The quantitative estimate of drug-likeness (QED) is 0.886. The van der Waals surface area contributed by atoms with E-state index in [1.807, 2.05) is 32.0 Å². The molecule has 2 N–H and O–H groups in total. The molecule has 1 aromatic carbocycles. The van der Waals surface area contributed by atoms with Gasteiger partial charge in [-0.05, 0) is 38.0 Å². The van der Waals surface area contributed by atoms with Gasteiger partial charge in [-0.3, -0.25) is 4.98 Å². The van der Waals surface area contributed by atoms with Crippen molar-refractivity contribution < 1.29 is 9.47 Å². The Morgan fingerprint density at radius 1 is 1.14 bits per heavy atom. The van der Waals surface area contributed by atoms with Crippen LogP contribution in [0.15, 0.2) is 30.3 Å². The van der Waals surface area contributed by atoms with Crippen molar-refractivity contribution in [1.82, 2.24) is 4.98 Å². The molecule has 1 aromatic heterocycles. The second-order valence-electron chi connectivity index (χ2n) is 5.02. The predicted octanol–water partition coefficient (Wildman–Crippen LogP) is 3.14. The van der Waals surface area contributed by atoms with Crippen molar-refractivity contribution >= 4 is 0 Å². The molecule has 0 atom stereocenters. The Balaban J connectivity index is 2.18. The second-order valence-corrected chi connectivity index (χ2v) is 5.02. The third-order valence-electron chi connectivity index (χ3n) is 3.37. The fourth-order valence-electron chi connectivity index (χ4n) is 2.23. The second kappa shape index (κ2) is 7.20. The number of hydrogen-bond donors (Lipinski definition) is 1. The van der Waals surface area contributed by atoms with E-state index >= 15 is 0 Å².